The number of hydrogen-bond donors (Lipinski definition) is 2. The third kappa shape index (κ3) is 3.67. The Labute approximate surface area is 139 Å². The van der Waals surface area contributed by atoms with E-state index < -0.39 is 24.2 Å². The van der Waals surface area contributed by atoms with Crippen molar-refractivity contribution >= 4 is 0 Å². The van der Waals surface area contributed by atoms with Gasteiger partial charge in [-0.25, -0.2) is 4.39 Å². The number of alkyl halides is 6. The monoisotopic (exact) mass is 364 g/mol. The molecule has 0 amide bonds. The molecule has 0 spiro atoms. The number of phenolic OH excluding ortho intramolecular Hbond substituents is 2. The van der Waals surface area contributed by atoms with Crippen LogP contribution in [0.2, 0.25) is 0 Å². The van der Waals surface area contributed by atoms with Crippen molar-refractivity contribution in [1.82, 2.24) is 0 Å². The number of hydrogen-bond acceptors (Lipinski definition) is 2. The van der Waals surface area contributed by atoms with E-state index in [1.165, 1.54) is 6.92 Å². The van der Waals surface area contributed by atoms with E-state index in [9.17, 15) is 36.6 Å². The summed E-state index contributed by atoms with van der Waals surface area (Å²) in [4.78, 5) is 0. The molecule has 2 aromatic rings. The highest BCUT2D eigenvalue weighted by atomic mass is 19.4. The van der Waals surface area contributed by atoms with Gasteiger partial charge in [0.25, 0.3) is 0 Å². The lowest BCUT2D eigenvalue weighted by atomic mass is 9.84. The fraction of sp³-hybridized carbons (Fsp3) is 0.294. The number of benzene rings is 2. The summed E-state index contributed by atoms with van der Waals surface area (Å²) in [6.07, 6.45) is -9.66. The van der Waals surface area contributed by atoms with Gasteiger partial charge in [0.2, 0.25) is 0 Å². The first-order valence-electron chi connectivity index (χ1n) is 7.12. The predicted octanol–water partition coefficient (Wildman–Crippen LogP) is 5.07. The molecule has 0 aliphatic carbocycles. The van der Waals surface area contributed by atoms with Crippen molar-refractivity contribution in [1.29, 1.82) is 0 Å². The van der Waals surface area contributed by atoms with Crippen LogP contribution in [0.4, 0.5) is 26.3 Å². The Kier molecular flexibility index (Phi) is 4.92. The van der Waals surface area contributed by atoms with Crippen LogP contribution in [0.5, 0.6) is 11.5 Å². The molecule has 0 aliphatic rings. The van der Waals surface area contributed by atoms with Crippen molar-refractivity contribution in [3.8, 4) is 11.5 Å². The number of aromatic hydroxyl groups is 2. The molecule has 2 aromatic carbocycles. The maximum absolute atomic E-state index is 14.5. The zero-order chi connectivity index (χ0) is 19.0. The zero-order valence-corrected chi connectivity index (χ0v) is 12.9. The topological polar surface area (TPSA) is 40.5 Å². The van der Waals surface area contributed by atoms with E-state index in [1.54, 1.807) is 0 Å². The standard InChI is InChI=1S/C17H14F6O2/c1-9-8-11(4-7-13(9)25)14(10-2-5-12(24)6-3-10)15(18)16(19,20)17(21,22)23/h2-8,14-15,24-25H,1H3. The fourth-order valence-corrected chi connectivity index (χ4v) is 2.45. The summed E-state index contributed by atoms with van der Waals surface area (Å²) in [5.74, 6) is -7.98. The predicted molar refractivity (Wildman–Crippen MR) is 78.7 cm³/mol. The molecule has 0 radical (unpaired) electrons. The van der Waals surface area contributed by atoms with Crippen molar-refractivity contribution in [3.05, 3.63) is 59.2 Å². The third-order valence-corrected chi connectivity index (χ3v) is 3.85. The first-order chi connectivity index (χ1) is 11.4. The molecule has 25 heavy (non-hydrogen) atoms. The van der Waals surface area contributed by atoms with Gasteiger partial charge < -0.3 is 10.2 Å². The molecule has 0 bridgehead atoms. The SMILES string of the molecule is Cc1cc(C(c2ccc(O)cc2)C(F)C(F)(F)C(F)(F)F)ccc1O. The van der Waals surface area contributed by atoms with Crippen LogP contribution in [0, 0.1) is 6.92 Å². The summed E-state index contributed by atoms with van der Waals surface area (Å²) in [7, 11) is 0. The quantitative estimate of drug-likeness (QED) is 0.744. The summed E-state index contributed by atoms with van der Waals surface area (Å²) in [5.41, 5.74) is -0.125. The summed E-state index contributed by atoms with van der Waals surface area (Å²) in [6, 6.07) is 7.59. The minimum Gasteiger partial charge on any atom is -0.508 e. The van der Waals surface area contributed by atoms with Crippen LogP contribution >= 0.6 is 0 Å². The second-order valence-corrected chi connectivity index (χ2v) is 5.64. The van der Waals surface area contributed by atoms with Crippen LogP contribution in [-0.4, -0.2) is 28.5 Å². The van der Waals surface area contributed by atoms with Gasteiger partial charge in [0.15, 0.2) is 6.17 Å². The Morgan fingerprint density at radius 1 is 0.840 bits per heavy atom. The van der Waals surface area contributed by atoms with Gasteiger partial charge in [-0.2, -0.15) is 22.0 Å². The number of halogens is 6. The Morgan fingerprint density at radius 2 is 1.36 bits per heavy atom. The van der Waals surface area contributed by atoms with Crippen molar-refractivity contribution in [2.75, 3.05) is 0 Å². The molecule has 0 fully saturated rings. The van der Waals surface area contributed by atoms with Crippen molar-refractivity contribution in [3.63, 3.8) is 0 Å². The first-order valence-corrected chi connectivity index (χ1v) is 7.12. The van der Waals surface area contributed by atoms with Crippen molar-refractivity contribution in [2.24, 2.45) is 0 Å². The molecule has 8 heteroatoms. The molecule has 2 rings (SSSR count). The van der Waals surface area contributed by atoms with Gasteiger partial charge in [0.1, 0.15) is 11.5 Å². The van der Waals surface area contributed by atoms with Gasteiger partial charge in [0, 0.05) is 5.92 Å². The molecular formula is C17H14F6O2. The average molecular weight is 364 g/mol. The van der Waals surface area contributed by atoms with Crippen molar-refractivity contribution < 1.29 is 36.6 Å². The van der Waals surface area contributed by atoms with Crippen LogP contribution in [0.1, 0.15) is 22.6 Å². The maximum atomic E-state index is 14.5. The fourth-order valence-electron chi connectivity index (χ4n) is 2.45. The van der Waals surface area contributed by atoms with Crippen LogP contribution < -0.4 is 0 Å². The minimum atomic E-state index is -6.06. The molecule has 0 saturated heterocycles. The molecule has 2 unspecified atom stereocenters. The van der Waals surface area contributed by atoms with Gasteiger partial charge in [0.05, 0.1) is 0 Å². The highest BCUT2D eigenvalue weighted by Gasteiger charge is 2.65. The summed E-state index contributed by atoms with van der Waals surface area (Å²) >= 11 is 0. The zero-order valence-electron chi connectivity index (χ0n) is 12.9. The minimum absolute atomic E-state index is 0.155. The number of phenols is 2. The van der Waals surface area contributed by atoms with Gasteiger partial charge >= 0.3 is 12.1 Å². The highest BCUT2D eigenvalue weighted by Crippen LogP contribution is 2.46. The van der Waals surface area contributed by atoms with E-state index in [-0.39, 0.29) is 28.2 Å². The lowest BCUT2D eigenvalue weighted by Gasteiger charge is -2.30. The smallest absolute Gasteiger partial charge is 0.456 e. The van der Waals surface area contributed by atoms with Crippen LogP contribution in [-0.2, 0) is 0 Å². The molecule has 0 heterocycles. The second-order valence-electron chi connectivity index (χ2n) is 5.64. The second kappa shape index (κ2) is 6.50. The lowest BCUT2D eigenvalue weighted by Crippen LogP contribution is -2.47. The van der Waals surface area contributed by atoms with Crippen LogP contribution in [0.3, 0.4) is 0 Å². The Bertz CT molecular complexity index is 740. The number of rotatable bonds is 4. The molecule has 2 N–H and O–H groups in total. The van der Waals surface area contributed by atoms with Crippen LogP contribution in [0.15, 0.2) is 42.5 Å². The number of aryl methyl sites for hydroxylation is 1. The van der Waals surface area contributed by atoms with E-state index in [0.29, 0.717) is 0 Å². The normalized spacial score (nSPS) is 15.0. The Hall–Kier alpha value is -2.38. The summed E-state index contributed by atoms with van der Waals surface area (Å²) in [5, 5.41) is 18.8. The first kappa shape index (κ1) is 19.0. The van der Waals surface area contributed by atoms with E-state index >= 15 is 0 Å². The molecule has 0 aromatic heterocycles. The molecule has 0 saturated carbocycles. The van der Waals surface area contributed by atoms with Crippen LogP contribution in [0.25, 0.3) is 0 Å². The summed E-state index contributed by atoms with van der Waals surface area (Å²) < 4.78 is 79.5. The molecule has 0 aliphatic heterocycles. The van der Waals surface area contributed by atoms with Gasteiger partial charge in [-0.15, -0.1) is 0 Å². The summed E-state index contributed by atoms with van der Waals surface area (Å²) in [6.45, 7) is 1.40. The van der Waals surface area contributed by atoms with Crippen molar-refractivity contribution in [2.45, 2.75) is 31.1 Å². The third-order valence-electron chi connectivity index (χ3n) is 3.85. The van der Waals surface area contributed by atoms with E-state index in [1.807, 2.05) is 0 Å². The van der Waals surface area contributed by atoms with Gasteiger partial charge in [-0.3, -0.25) is 0 Å². The maximum Gasteiger partial charge on any atom is 0.456 e. The molecule has 2 atom stereocenters. The van der Waals surface area contributed by atoms with Gasteiger partial charge in [-0.1, -0.05) is 24.3 Å². The average Bonchev–Trinajstić information content (AvgIpc) is 2.51. The Balaban J connectivity index is 2.60. The largest absolute Gasteiger partial charge is 0.508 e. The van der Waals surface area contributed by atoms with E-state index in [4.69, 9.17) is 0 Å². The van der Waals surface area contributed by atoms with Gasteiger partial charge in [-0.05, 0) is 41.8 Å². The molecule has 2 nitrogen and oxygen atoms in total. The Morgan fingerprint density at radius 3 is 1.84 bits per heavy atom. The van der Waals surface area contributed by atoms with E-state index in [2.05, 4.69) is 0 Å². The molecular weight excluding hydrogens is 350 g/mol. The molecule has 136 valence electrons. The lowest BCUT2D eigenvalue weighted by molar-refractivity contribution is -0.304. The van der Waals surface area contributed by atoms with E-state index in [0.717, 1.165) is 42.5 Å². The highest BCUT2D eigenvalue weighted by molar-refractivity contribution is 5.42.